The van der Waals surface area contributed by atoms with Crippen LogP contribution in [-0.4, -0.2) is 59.1 Å². The minimum absolute atomic E-state index is 0.0242. The van der Waals surface area contributed by atoms with Crippen LogP contribution in [0.25, 0.3) is 0 Å². The second-order valence-corrected chi connectivity index (χ2v) is 9.99. The molecule has 2 aromatic carbocycles. The number of hydrogen-bond donors (Lipinski definition) is 4. The maximum Gasteiger partial charge on any atom is 0.323 e. The fourth-order valence-electron chi connectivity index (χ4n) is 5.04. The van der Waals surface area contributed by atoms with Gasteiger partial charge in [-0.25, -0.2) is 9.59 Å². The topological polar surface area (TPSA) is 120 Å². The summed E-state index contributed by atoms with van der Waals surface area (Å²) in [6, 6.07) is 12.5. The fraction of sp³-hybridized carbons (Fsp3) is 0.444. The maximum absolute atomic E-state index is 13.5. The highest BCUT2D eigenvalue weighted by molar-refractivity contribution is 5.98. The number of hydrogen-bond acceptors (Lipinski definition) is 4. The fourth-order valence-corrected chi connectivity index (χ4v) is 5.04. The molecule has 1 saturated heterocycles. The molecule has 1 aliphatic heterocycles. The Bertz CT molecular complexity index is 1110. The molecule has 9 heteroatoms. The highest BCUT2D eigenvalue weighted by atomic mass is 16.2. The molecular weight excluding hydrogens is 456 g/mol. The third-order valence-electron chi connectivity index (χ3n) is 6.79. The molecule has 1 unspecified atom stereocenters. The van der Waals surface area contributed by atoms with E-state index in [2.05, 4.69) is 16.0 Å². The van der Waals surface area contributed by atoms with Crippen molar-refractivity contribution in [2.24, 2.45) is 5.73 Å². The normalized spacial score (nSPS) is 21.7. The summed E-state index contributed by atoms with van der Waals surface area (Å²) in [5, 5.41) is 8.85. The van der Waals surface area contributed by atoms with Crippen molar-refractivity contribution in [1.29, 1.82) is 0 Å². The van der Waals surface area contributed by atoms with E-state index in [1.807, 2.05) is 57.2 Å². The summed E-state index contributed by atoms with van der Waals surface area (Å²) in [4.78, 5) is 42.9. The Morgan fingerprint density at radius 3 is 1.92 bits per heavy atom. The second kappa shape index (κ2) is 11.0. The molecule has 2 aliphatic rings. The first-order chi connectivity index (χ1) is 17.2. The molecule has 9 nitrogen and oxygen atoms in total. The van der Waals surface area contributed by atoms with E-state index in [1.165, 1.54) is 9.80 Å². The molecule has 1 atom stereocenters. The van der Waals surface area contributed by atoms with Gasteiger partial charge in [0.15, 0.2) is 6.17 Å². The zero-order valence-corrected chi connectivity index (χ0v) is 21.2. The van der Waals surface area contributed by atoms with Crippen molar-refractivity contribution in [3.63, 3.8) is 0 Å². The Hall–Kier alpha value is -3.59. The summed E-state index contributed by atoms with van der Waals surface area (Å²) in [5.41, 5.74) is 10.4. The molecule has 36 heavy (non-hydrogen) atoms. The molecule has 0 bridgehead atoms. The summed E-state index contributed by atoms with van der Waals surface area (Å²) in [5.74, 6) is -0.358. The van der Waals surface area contributed by atoms with E-state index in [0.29, 0.717) is 11.4 Å². The van der Waals surface area contributed by atoms with Gasteiger partial charge in [0, 0.05) is 36.5 Å². The lowest BCUT2D eigenvalue weighted by atomic mass is 9.92. The molecule has 1 heterocycles. The number of aryl methyl sites for hydroxylation is 3. The van der Waals surface area contributed by atoms with Crippen molar-refractivity contribution >= 4 is 29.3 Å². The van der Waals surface area contributed by atoms with Gasteiger partial charge in [0.1, 0.15) is 0 Å². The molecule has 0 spiro atoms. The second-order valence-electron chi connectivity index (χ2n) is 9.99. The van der Waals surface area contributed by atoms with E-state index in [9.17, 15) is 14.4 Å². The van der Waals surface area contributed by atoms with Crippen LogP contribution in [0.4, 0.5) is 21.0 Å². The number of nitrogens with zero attached hydrogens (tertiary/aromatic N) is 2. The highest BCUT2D eigenvalue weighted by Gasteiger charge is 2.43. The number of rotatable bonds is 4. The molecule has 0 radical (unpaired) electrons. The number of benzene rings is 2. The molecule has 2 aromatic rings. The minimum atomic E-state index is -1.06. The maximum atomic E-state index is 13.5. The third kappa shape index (κ3) is 6.15. The first-order valence-corrected chi connectivity index (χ1v) is 12.6. The average molecular weight is 493 g/mol. The Balaban J connectivity index is 1.53. The summed E-state index contributed by atoms with van der Waals surface area (Å²) < 4.78 is 0. The van der Waals surface area contributed by atoms with Gasteiger partial charge in [-0.3, -0.25) is 14.6 Å². The van der Waals surface area contributed by atoms with Gasteiger partial charge in [0.05, 0.1) is 0 Å². The predicted octanol–water partition coefficient (Wildman–Crippen LogP) is 3.71. The number of carbonyl (C=O) groups excluding carboxylic acids is 3. The van der Waals surface area contributed by atoms with Crippen molar-refractivity contribution in [1.82, 2.24) is 15.1 Å². The molecule has 2 fully saturated rings. The zero-order valence-electron chi connectivity index (χ0n) is 21.2. The van der Waals surface area contributed by atoms with E-state index in [1.54, 1.807) is 6.07 Å². The quantitative estimate of drug-likeness (QED) is 0.520. The van der Waals surface area contributed by atoms with Crippen LogP contribution in [0.3, 0.4) is 0 Å². The first-order valence-electron chi connectivity index (χ1n) is 12.6. The van der Waals surface area contributed by atoms with Crippen LogP contribution in [0, 0.1) is 20.8 Å². The van der Waals surface area contributed by atoms with Crippen LogP contribution in [-0.2, 0) is 4.79 Å². The zero-order chi connectivity index (χ0) is 25.8. The summed E-state index contributed by atoms with van der Waals surface area (Å²) in [7, 11) is 0. The predicted molar refractivity (Wildman–Crippen MR) is 141 cm³/mol. The number of urea groups is 2. The van der Waals surface area contributed by atoms with Crippen molar-refractivity contribution < 1.29 is 14.4 Å². The van der Waals surface area contributed by atoms with Gasteiger partial charge in [-0.2, -0.15) is 0 Å². The summed E-state index contributed by atoms with van der Waals surface area (Å²) in [6.45, 7) is 6.35. The van der Waals surface area contributed by atoms with Crippen LogP contribution >= 0.6 is 0 Å². The van der Waals surface area contributed by atoms with E-state index in [-0.39, 0.29) is 31.1 Å². The van der Waals surface area contributed by atoms with Crippen LogP contribution in [0.5, 0.6) is 0 Å². The van der Waals surface area contributed by atoms with Gasteiger partial charge in [0.25, 0.3) is 5.91 Å². The lowest BCUT2D eigenvalue weighted by Gasteiger charge is -2.32. The smallest absolute Gasteiger partial charge is 0.323 e. The Kier molecular flexibility index (Phi) is 7.79. The van der Waals surface area contributed by atoms with E-state index in [0.717, 1.165) is 42.4 Å². The number of nitrogens with one attached hydrogen (secondary N) is 3. The van der Waals surface area contributed by atoms with Crippen LogP contribution in [0.15, 0.2) is 42.5 Å². The van der Waals surface area contributed by atoms with Gasteiger partial charge >= 0.3 is 12.1 Å². The Morgan fingerprint density at radius 1 is 0.778 bits per heavy atom. The standard InChI is InChI=1S/C27H36N6O3/c1-17-5-4-6-22(14-17)30-26(35)32-11-12-33(27(36)31-23-15-18(2)13-19(3)16-23)25(32)24(34)29-21-9-7-20(28)8-10-21/h4-6,13-16,20-21,25H,7-12,28H2,1-3H3,(H,29,34)(H,30,35)(H,31,36). The summed E-state index contributed by atoms with van der Waals surface area (Å²) >= 11 is 0. The minimum Gasteiger partial charge on any atom is -0.350 e. The van der Waals surface area contributed by atoms with E-state index >= 15 is 0 Å². The van der Waals surface area contributed by atoms with Gasteiger partial charge in [-0.1, -0.05) is 18.2 Å². The molecule has 1 aliphatic carbocycles. The van der Waals surface area contributed by atoms with E-state index in [4.69, 9.17) is 5.73 Å². The lowest BCUT2D eigenvalue weighted by Crippen LogP contribution is -2.57. The van der Waals surface area contributed by atoms with Crippen molar-refractivity contribution in [3.05, 3.63) is 59.2 Å². The van der Waals surface area contributed by atoms with Gasteiger partial charge in [-0.05, 0) is 87.4 Å². The largest absolute Gasteiger partial charge is 0.350 e. The molecule has 192 valence electrons. The van der Waals surface area contributed by atoms with Crippen molar-refractivity contribution in [2.75, 3.05) is 23.7 Å². The average Bonchev–Trinajstić information content (AvgIpc) is 3.26. The van der Waals surface area contributed by atoms with Crippen LogP contribution in [0.1, 0.15) is 42.4 Å². The van der Waals surface area contributed by atoms with Gasteiger partial charge in [0.2, 0.25) is 0 Å². The molecule has 1 saturated carbocycles. The van der Waals surface area contributed by atoms with Gasteiger partial charge in [-0.15, -0.1) is 0 Å². The Morgan fingerprint density at radius 2 is 1.33 bits per heavy atom. The lowest BCUT2D eigenvalue weighted by molar-refractivity contribution is -0.128. The number of anilines is 2. The number of amides is 5. The SMILES string of the molecule is Cc1cccc(NC(=O)N2CCN(C(=O)Nc3cc(C)cc(C)c3)C2C(=O)NC2CCC(N)CC2)c1. The van der Waals surface area contributed by atoms with Crippen LogP contribution < -0.4 is 21.7 Å². The number of nitrogens with two attached hydrogens (primary N) is 1. The number of carbonyl (C=O) groups is 3. The summed E-state index contributed by atoms with van der Waals surface area (Å²) in [6.07, 6.45) is 2.18. The molecular formula is C27H36N6O3. The Labute approximate surface area is 212 Å². The van der Waals surface area contributed by atoms with Crippen molar-refractivity contribution in [3.8, 4) is 0 Å². The third-order valence-corrected chi connectivity index (χ3v) is 6.79. The molecule has 5 N–H and O–H groups in total. The monoisotopic (exact) mass is 492 g/mol. The molecule has 0 aromatic heterocycles. The highest BCUT2D eigenvalue weighted by Crippen LogP contribution is 2.23. The first kappa shape index (κ1) is 25.5. The van der Waals surface area contributed by atoms with E-state index < -0.39 is 18.2 Å². The molecule has 5 amide bonds. The van der Waals surface area contributed by atoms with Gasteiger partial charge < -0.3 is 21.7 Å². The van der Waals surface area contributed by atoms with Crippen LogP contribution in [0.2, 0.25) is 0 Å². The van der Waals surface area contributed by atoms with Crippen molar-refractivity contribution in [2.45, 2.75) is 64.7 Å². The molecule has 4 rings (SSSR count).